The summed E-state index contributed by atoms with van der Waals surface area (Å²) in [5.41, 5.74) is 1.49. The summed E-state index contributed by atoms with van der Waals surface area (Å²) in [6.45, 7) is 11.7. The fourth-order valence-electron chi connectivity index (χ4n) is 5.13. The number of hydrogen-bond donors (Lipinski definition) is 2. The van der Waals surface area contributed by atoms with Gasteiger partial charge in [0.1, 0.15) is 0 Å². The normalized spacial score (nSPS) is 20.4. The van der Waals surface area contributed by atoms with Gasteiger partial charge >= 0.3 is 0 Å². The molecule has 2 aliphatic rings. The summed E-state index contributed by atoms with van der Waals surface area (Å²) in [7, 11) is 1.87. The Labute approximate surface area is 211 Å². The lowest BCUT2D eigenvalue weighted by molar-refractivity contribution is 0.00270. The molecule has 1 aromatic carbocycles. The molecule has 0 bridgehead atoms. The minimum absolute atomic E-state index is 0. The third-order valence-corrected chi connectivity index (χ3v) is 7.24. The van der Waals surface area contributed by atoms with Crippen molar-refractivity contribution in [3.8, 4) is 0 Å². The monoisotopic (exact) mass is 558 g/mol. The number of rotatable bonds is 9. The number of aliphatic imine (C=N–C) groups is 1. The van der Waals surface area contributed by atoms with Gasteiger partial charge in [-0.25, -0.2) is 0 Å². The van der Waals surface area contributed by atoms with Crippen LogP contribution in [-0.2, 0) is 14.9 Å². The molecule has 2 saturated heterocycles. The molecule has 2 N–H and O–H groups in total. The summed E-state index contributed by atoms with van der Waals surface area (Å²) in [6.07, 6.45) is 4.46. The fraction of sp³-hybridized carbons (Fsp3) is 0.720. The van der Waals surface area contributed by atoms with Crippen molar-refractivity contribution in [3.05, 3.63) is 35.9 Å². The molecule has 0 aromatic heterocycles. The molecule has 0 amide bonds. The minimum atomic E-state index is 0. The van der Waals surface area contributed by atoms with E-state index in [0.717, 1.165) is 71.4 Å². The molecule has 0 radical (unpaired) electrons. The van der Waals surface area contributed by atoms with Crippen molar-refractivity contribution in [3.63, 3.8) is 0 Å². The molecule has 0 aliphatic carbocycles. The number of ether oxygens (including phenoxy) is 2. The Morgan fingerprint density at radius 1 is 1.00 bits per heavy atom. The molecule has 7 heteroatoms. The lowest BCUT2D eigenvalue weighted by Crippen LogP contribution is -2.54. The Balaban J connectivity index is 0.00000363. The lowest BCUT2D eigenvalue weighted by atomic mass is 9.74. The Morgan fingerprint density at radius 3 is 2.22 bits per heavy atom. The van der Waals surface area contributed by atoms with Crippen molar-refractivity contribution in [2.75, 3.05) is 59.7 Å². The first-order valence-electron chi connectivity index (χ1n) is 12.1. The van der Waals surface area contributed by atoms with Crippen LogP contribution in [-0.4, -0.2) is 76.6 Å². The van der Waals surface area contributed by atoms with Gasteiger partial charge in [-0.15, -0.1) is 24.0 Å². The molecule has 2 aliphatic heterocycles. The number of nitrogens with zero attached hydrogens (tertiary/aromatic N) is 2. The van der Waals surface area contributed by atoms with Crippen LogP contribution in [0.25, 0.3) is 0 Å². The maximum atomic E-state index is 5.69. The molecule has 1 aromatic rings. The SMILES string of the molecule is CCC(CC)C(CNC(=NC)NCC1(c2ccccc2)CCOCC1)N1CCOCC1.I. The van der Waals surface area contributed by atoms with Crippen molar-refractivity contribution in [2.45, 2.75) is 51.0 Å². The van der Waals surface area contributed by atoms with E-state index >= 15 is 0 Å². The van der Waals surface area contributed by atoms with Crippen molar-refractivity contribution in [2.24, 2.45) is 10.9 Å². The van der Waals surface area contributed by atoms with Gasteiger partial charge in [0.15, 0.2) is 5.96 Å². The van der Waals surface area contributed by atoms with Crippen LogP contribution in [0.4, 0.5) is 0 Å². The van der Waals surface area contributed by atoms with Gasteiger partial charge in [-0.05, 0) is 24.3 Å². The molecular weight excluding hydrogens is 515 g/mol. The van der Waals surface area contributed by atoms with Gasteiger partial charge in [-0.3, -0.25) is 9.89 Å². The third-order valence-electron chi connectivity index (χ3n) is 7.24. The fourth-order valence-corrected chi connectivity index (χ4v) is 5.13. The lowest BCUT2D eigenvalue weighted by Gasteiger charge is -2.40. The predicted octanol–water partition coefficient (Wildman–Crippen LogP) is 3.65. The summed E-state index contributed by atoms with van der Waals surface area (Å²) in [6, 6.07) is 11.4. The molecular formula is C25H43IN4O2. The molecule has 0 saturated carbocycles. The van der Waals surface area contributed by atoms with Gasteiger partial charge in [0.2, 0.25) is 0 Å². The van der Waals surface area contributed by atoms with Crippen molar-refractivity contribution in [1.29, 1.82) is 0 Å². The molecule has 32 heavy (non-hydrogen) atoms. The highest BCUT2D eigenvalue weighted by atomic mass is 127. The Morgan fingerprint density at radius 2 is 1.62 bits per heavy atom. The van der Waals surface area contributed by atoms with E-state index in [-0.39, 0.29) is 29.4 Å². The van der Waals surface area contributed by atoms with E-state index in [0.29, 0.717) is 12.0 Å². The van der Waals surface area contributed by atoms with Crippen LogP contribution in [0.2, 0.25) is 0 Å². The van der Waals surface area contributed by atoms with E-state index in [1.54, 1.807) is 0 Å². The van der Waals surface area contributed by atoms with Crippen LogP contribution < -0.4 is 10.6 Å². The first-order chi connectivity index (χ1) is 15.2. The van der Waals surface area contributed by atoms with Gasteiger partial charge in [0.25, 0.3) is 0 Å². The van der Waals surface area contributed by atoms with E-state index in [4.69, 9.17) is 9.47 Å². The van der Waals surface area contributed by atoms with E-state index in [9.17, 15) is 0 Å². The molecule has 2 fully saturated rings. The maximum absolute atomic E-state index is 5.69. The molecule has 3 rings (SSSR count). The van der Waals surface area contributed by atoms with Crippen molar-refractivity contribution < 1.29 is 9.47 Å². The van der Waals surface area contributed by atoms with Crippen molar-refractivity contribution >= 4 is 29.9 Å². The zero-order valence-electron chi connectivity index (χ0n) is 20.1. The van der Waals surface area contributed by atoms with Crippen LogP contribution in [0.5, 0.6) is 0 Å². The zero-order chi connectivity index (χ0) is 21.9. The second-order valence-electron chi connectivity index (χ2n) is 8.86. The van der Waals surface area contributed by atoms with Gasteiger partial charge in [0, 0.05) is 57.9 Å². The highest BCUT2D eigenvalue weighted by molar-refractivity contribution is 14.0. The number of morpholine rings is 1. The van der Waals surface area contributed by atoms with Crippen LogP contribution in [0.1, 0.15) is 45.1 Å². The number of hydrogen-bond acceptors (Lipinski definition) is 4. The molecule has 1 unspecified atom stereocenters. The summed E-state index contributed by atoms with van der Waals surface area (Å²) < 4.78 is 11.3. The van der Waals surface area contributed by atoms with Gasteiger partial charge in [-0.1, -0.05) is 57.0 Å². The standard InChI is InChI=1S/C25H42N4O2.HI/c1-4-21(5-2)23(29-13-17-31-18-14-29)19-27-24(26-3)28-20-25(11-15-30-16-12-25)22-9-7-6-8-10-22;/h6-10,21,23H,4-5,11-20H2,1-3H3,(H2,26,27,28);1H. The van der Waals surface area contributed by atoms with E-state index < -0.39 is 0 Å². The number of benzene rings is 1. The number of guanidine groups is 1. The first-order valence-corrected chi connectivity index (χ1v) is 12.1. The summed E-state index contributed by atoms with van der Waals surface area (Å²) >= 11 is 0. The first kappa shape index (κ1) is 27.3. The molecule has 6 nitrogen and oxygen atoms in total. The van der Waals surface area contributed by atoms with Gasteiger partial charge in [0.05, 0.1) is 13.2 Å². The third kappa shape index (κ3) is 7.30. The van der Waals surface area contributed by atoms with Crippen LogP contribution >= 0.6 is 24.0 Å². The average molecular weight is 559 g/mol. The predicted molar refractivity (Wildman–Crippen MR) is 143 cm³/mol. The second-order valence-corrected chi connectivity index (χ2v) is 8.86. The largest absolute Gasteiger partial charge is 0.381 e. The van der Waals surface area contributed by atoms with E-state index in [1.807, 2.05) is 7.05 Å². The Kier molecular flexibility index (Phi) is 12.3. The molecule has 0 spiro atoms. The zero-order valence-corrected chi connectivity index (χ0v) is 22.5. The molecule has 1 atom stereocenters. The van der Waals surface area contributed by atoms with Crippen molar-refractivity contribution in [1.82, 2.24) is 15.5 Å². The summed E-state index contributed by atoms with van der Waals surface area (Å²) in [4.78, 5) is 7.15. The summed E-state index contributed by atoms with van der Waals surface area (Å²) in [5, 5.41) is 7.30. The Hall–Kier alpha value is -0.900. The Bertz CT molecular complexity index is 657. The van der Waals surface area contributed by atoms with Crippen LogP contribution in [0.3, 0.4) is 0 Å². The summed E-state index contributed by atoms with van der Waals surface area (Å²) in [5.74, 6) is 1.57. The molecule has 182 valence electrons. The van der Waals surface area contributed by atoms with Crippen LogP contribution in [0, 0.1) is 5.92 Å². The van der Waals surface area contributed by atoms with Gasteiger partial charge in [-0.2, -0.15) is 0 Å². The van der Waals surface area contributed by atoms with Crippen LogP contribution in [0.15, 0.2) is 35.3 Å². The van der Waals surface area contributed by atoms with E-state index in [1.165, 1.54) is 18.4 Å². The number of halogens is 1. The topological polar surface area (TPSA) is 58.1 Å². The van der Waals surface area contributed by atoms with Gasteiger partial charge < -0.3 is 20.1 Å². The highest BCUT2D eigenvalue weighted by Gasteiger charge is 2.34. The average Bonchev–Trinajstić information content (AvgIpc) is 2.85. The quantitative estimate of drug-likeness (QED) is 0.276. The number of nitrogens with one attached hydrogen (secondary N) is 2. The van der Waals surface area contributed by atoms with E-state index in [2.05, 4.69) is 64.7 Å². The minimum Gasteiger partial charge on any atom is -0.381 e. The smallest absolute Gasteiger partial charge is 0.191 e. The molecule has 2 heterocycles. The highest BCUT2D eigenvalue weighted by Crippen LogP contribution is 2.34. The maximum Gasteiger partial charge on any atom is 0.191 e. The second kappa shape index (κ2) is 14.4.